The fraction of sp³-hybridized carbons (Fsp3) is 0.750. The number of ketones is 2. The molecular formula is C12H18O4. The van der Waals surface area contributed by atoms with Crippen LogP contribution in [-0.2, 0) is 19.1 Å². The molecule has 16 heavy (non-hydrogen) atoms. The third-order valence-corrected chi connectivity index (χ3v) is 2.75. The number of rotatable bonds is 7. The summed E-state index contributed by atoms with van der Waals surface area (Å²) in [5.41, 5.74) is 0. The quantitative estimate of drug-likeness (QED) is 0.376. The van der Waals surface area contributed by atoms with Crippen molar-refractivity contribution in [1.29, 1.82) is 0 Å². The first kappa shape index (κ1) is 12.9. The van der Waals surface area contributed by atoms with Crippen LogP contribution in [0.15, 0.2) is 0 Å². The number of esters is 1. The Hall–Kier alpha value is -1.19. The van der Waals surface area contributed by atoms with Gasteiger partial charge in [-0.3, -0.25) is 14.4 Å². The molecule has 0 unspecified atom stereocenters. The Morgan fingerprint density at radius 3 is 2.69 bits per heavy atom. The van der Waals surface area contributed by atoms with Crippen LogP contribution in [-0.4, -0.2) is 24.1 Å². The zero-order valence-electron chi connectivity index (χ0n) is 9.66. The summed E-state index contributed by atoms with van der Waals surface area (Å²) in [5, 5.41) is 0. The molecule has 1 saturated heterocycles. The van der Waals surface area contributed by atoms with E-state index < -0.39 is 11.9 Å². The van der Waals surface area contributed by atoms with Crippen LogP contribution < -0.4 is 0 Å². The molecule has 0 aliphatic carbocycles. The minimum absolute atomic E-state index is 0.0573. The first-order valence-electron chi connectivity index (χ1n) is 5.86. The average molecular weight is 226 g/mol. The second-order valence-corrected chi connectivity index (χ2v) is 4.15. The molecule has 0 N–H and O–H groups in total. The Kier molecular flexibility index (Phi) is 5.15. The monoisotopic (exact) mass is 226 g/mol. The van der Waals surface area contributed by atoms with E-state index in [1.54, 1.807) is 0 Å². The van der Waals surface area contributed by atoms with Gasteiger partial charge in [-0.2, -0.15) is 0 Å². The van der Waals surface area contributed by atoms with Crippen LogP contribution in [0.25, 0.3) is 0 Å². The van der Waals surface area contributed by atoms with Crippen LogP contribution in [0.2, 0.25) is 0 Å². The summed E-state index contributed by atoms with van der Waals surface area (Å²) in [4.78, 5) is 34.1. The maximum absolute atomic E-state index is 11.6. The Morgan fingerprint density at radius 1 is 1.38 bits per heavy atom. The van der Waals surface area contributed by atoms with Gasteiger partial charge in [0.2, 0.25) is 0 Å². The minimum atomic E-state index is -0.685. The summed E-state index contributed by atoms with van der Waals surface area (Å²) < 4.78 is 4.70. The number of ether oxygens (including phenoxy) is 1. The van der Waals surface area contributed by atoms with E-state index in [9.17, 15) is 14.4 Å². The first-order chi connectivity index (χ1) is 7.65. The average Bonchev–Trinajstić information content (AvgIpc) is 2.65. The molecule has 4 nitrogen and oxygen atoms in total. The number of carbonyl (C=O) groups is 3. The summed E-state index contributed by atoms with van der Waals surface area (Å²) in [6.45, 7) is 2.36. The van der Waals surface area contributed by atoms with Crippen molar-refractivity contribution in [3.05, 3.63) is 0 Å². The van der Waals surface area contributed by atoms with Crippen molar-refractivity contribution in [3.63, 3.8) is 0 Å². The van der Waals surface area contributed by atoms with E-state index in [0.29, 0.717) is 19.4 Å². The van der Waals surface area contributed by atoms with Crippen molar-refractivity contribution in [3.8, 4) is 0 Å². The SMILES string of the molecule is CCCCCC(=O)CC(=O)[C@H]1CCOC1=O. The minimum Gasteiger partial charge on any atom is -0.465 e. The molecule has 0 bridgehead atoms. The van der Waals surface area contributed by atoms with Gasteiger partial charge in [0.15, 0.2) is 5.78 Å². The van der Waals surface area contributed by atoms with Gasteiger partial charge in [0.1, 0.15) is 11.7 Å². The molecule has 0 radical (unpaired) electrons. The molecule has 1 aliphatic heterocycles. The molecule has 1 aliphatic rings. The zero-order valence-corrected chi connectivity index (χ0v) is 9.66. The van der Waals surface area contributed by atoms with E-state index in [1.165, 1.54) is 0 Å². The van der Waals surface area contributed by atoms with Crippen molar-refractivity contribution in [2.75, 3.05) is 6.61 Å². The van der Waals surface area contributed by atoms with Crippen molar-refractivity contribution >= 4 is 17.5 Å². The predicted octanol–water partition coefficient (Wildman–Crippen LogP) is 1.66. The number of hydrogen-bond acceptors (Lipinski definition) is 4. The summed E-state index contributed by atoms with van der Waals surface area (Å²) in [6.07, 6.45) is 3.66. The second kappa shape index (κ2) is 6.40. The molecule has 1 heterocycles. The van der Waals surface area contributed by atoms with Gasteiger partial charge in [0, 0.05) is 12.8 Å². The Bertz CT molecular complexity index is 283. The largest absolute Gasteiger partial charge is 0.465 e. The lowest BCUT2D eigenvalue weighted by Gasteiger charge is -2.03. The highest BCUT2D eigenvalue weighted by atomic mass is 16.5. The van der Waals surface area contributed by atoms with Crippen molar-refractivity contribution in [2.24, 2.45) is 5.92 Å². The summed E-state index contributed by atoms with van der Waals surface area (Å²) in [7, 11) is 0. The maximum Gasteiger partial charge on any atom is 0.316 e. The fourth-order valence-electron chi connectivity index (χ4n) is 1.77. The topological polar surface area (TPSA) is 60.4 Å². The van der Waals surface area contributed by atoms with Crippen LogP contribution in [0.3, 0.4) is 0 Å². The lowest BCUT2D eigenvalue weighted by molar-refractivity contribution is -0.144. The standard InChI is InChI=1S/C12H18O4/c1-2-3-4-5-9(13)8-11(14)10-6-7-16-12(10)15/h10H,2-8H2,1H3/t10-/m1/s1. The number of carbonyl (C=O) groups excluding carboxylic acids is 3. The van der Waals surface area contributed by atoms with Gasteiger partial charge in [-0.05, 0) is 6.42 Å². The molecule has 0 aromatic carbocycles. The van der Waals surface area contributed by atoms with Gasteiger partial charge >= 0.3 is 5.97 Å². The first-order valence-corrected chi connectivity index (χ1v) is 5.86. The van der Waals surface area contributed by atoms with Gasteiger partial charge in [0.25, 0.3) is 0 Å². The van der Waals surface area contributed by atoms with Gasteiger partial charge in [0.05, 0.1) is 13.0 Å². The van der Waals surface area contributed by atoms with E-state index >= 15 is 0 Å². The molecular weight excluding hydrogens is 208 g/mol. The highest BCUT2D eigenvalue weighted by Crippen LogP contribution is 2.17. The van der Waals surface area contributed by atoms with E-state index in [0.717, 1.165) is 19.3 Å². The van der Waals surface area contributed by atoms with Crippen molar-refractivity contribution in [1.82, 2.24) is 0 Å². The molecule has 0 saturated carbocycles. The lowest BCUT2D eigenvalue weighted by Crippen LogP contribution is -2.22. The Morgan fingerprint density at radius 2 is 2.12 bits per heavy atom. The molecule has 0 aromatic rings. The molecule has 1 fully saturated rings. The van der Waals surface area contributed by atoms with Crippen LogP contribution >= 0.6 is 0 Å². The molecule has 0 spiro atoms. The second-order valence-electron chi connectivity index (χ2n) is 4.15. The predicted molar refractivity (Wildman–Crippen MR) is 57.8 cm³/mol. The van der Waals surface area contributed by atoms with E-state index in [1.807, 2.05) is 0 Å². The van der Waals surface area contributed by atoms with Gasteiger partial charge in [-0.1, -0.05) is 19.8 Å². The van der Waals surface area contributed by atoms with Gasteiger partial charge in [-0.15, -0.1) is 0 Å². The van der Waals surface area contributed by atoms with Crippen molar-refractivity contribution in [2.45, 2.75) is 45.4 Å². The lowest BCUT2D eigenvalue weighted by atomic mass is 9.97. The third kappa shape index (κ3) is 3.76. The molecule has 4 heteroatoms. The van der Waals surface area contributed by atoms with Crippen LogP contribution in [0.4, 0.5) is 0 Å². The Balaban J connectivity index is 2.28. The van der Waals surface area contributed by atoms with E-state index in [2.05, 4.69) is 6.92 Å². The normalized spacial score (nSPS) is 19.6. The summed E-state index contributed by atoms with van der Waals surface area (Å²) in [5.74, 6) is -1.48. The zero-order chi connectivity index (χ0) is 12.0. The Labute approximate surface area is 95.3 Å². The van der Waals surface area contributed by atoms with Crippen LogP contribution in [0, 0.1) is 5.92 Å². The van der Waals surface area contributed by atoms with Crippen molar-refractivity contribution < 1.29 is 19.1 Å². The molecule has 0 amide bonds. The van der Waals surface area contributed by atoms with E-state index in [-0.39, 0.29) is 18.0 Å². The molecule has 90 valence electrons. The number of Topliss-reactive ketones (excluding diaryl/α,β-unsaturated/α-hetero) is 2. The summed E-state index contributed by atoms with van der Waals surface area (Å²) in [6, 6.07) is 0. The number of unbranched alkanes of at least 4 members (excludes halogenated alkanes) is 2. The molecule has 1 atom stereocenters. The molecule has 1 rings (SSSR count). The molecule has 0 aromatic heterocycles. The van der Waals surface area contributed by atoms with Gasteiger partial charge in [-0.25, -0.2) is 0 Å². The van der Waals surface area contributed by atoms with Crippen LogP contribution in [0.5, 0.6) is 0 Å². The fourth-order valence-corrected chi connectivity index (χ4v) is 1.77. The smallest absolute Gasteiger partial charge is 0.316 e. The highest BCUT2D eigenvalue weighted by Gasteiger charge is 2.33. The third-order valence-electron chi connectivity index (χ3n) is 2.75. The van der Waals surface area contributed by atoms with Crippen LogP contribution in [0.1, 0.15) is 45.4 Å². The van der Waals surface area contributed by atoms with Gasteiger partial charge < -0.3 is 4.74 Å². The number of hydrogen-bond donors (Lipinski definition) is 0. The number of cyclic esters (lactones) is 1. The van der Waals surface area contributed by atoms with E-state index in [4.69, 9.17) is 4.74 Å². The highest BCUT2D eigenvalue weighted by molar-refractivity contribution is 6.08. The summed E-state index contributed by atoms with van der Waals surface area (Å²) >= 11 is 0. The maximum atomic E-state index is 11.6.